The summed E-state index contributed by atoms with van der Waals surface area (Å²) in [5.41, 5.74) is 7.40. The van der Waals surface area contributed by atoms with E-state index in [0.717, 1.165) is 29.9 Å². The molecule has 3 nitrogen and oxygen atoms in total. The van der Waals surface area contributed by atoms with E-state index in [1.54, 1.807) is 7.11 Å². The predicted octanol–water partition coefficient (Wildman–Crippen LogP) is 3.04. The normalized spacial score (nSPS) is 30.5. The lowest BCUT2D eigenvalue weighted by molar-refractivity contribution is 0.0105. The number of ether oxygens (including phenoxy) is 2. The molecule has 1 fully saturated rings. The van der Waals surface area contributed by atoms with Crippen LogP contribution >= 0.6 is 0 Å². The van der Waals surface area contributed by atoms with Crippen LogP contribution in [-0.2, 0) is 0 Å². The second-order valence-corrected chi connectivity index (χ2v) is 5.51. The SMILES string of the molecule is CCC1(C2CC2)C[C@@H](N)c2ccc(OC)cc2O1. The summed E-state index contributed by atoms with van der Waals surface area (Å²) in [6, 6.07) is 6.05. The number of hydrogen-bond donors (Lipinski definition) is 1. The van der Waals surface area contributed by atoms with Crippen molar-refractivity contribution in [2.75, 3.05) is 7.11 Å². The Morgan fingerprint density at radius 3 is 2.83 bits per heavy atom. The lowest BCUT2D eigenvalue weighted by Crippen LogP contribution is -2.44. The average Bonchev–Trinajstić information content (AvgIpc) is 3.22. The molecule has 0 saturated heterocycles. The van der Waals surface area contributed by atoms with Crippen LogP contribution < -0.4 is 15.2 Å². The molecule has 0 bridgehead atoms. The summed E-state index contributed by atoms with van der Waals surface area (Å²) < 4.78 is 11.6. The molecule has 2 aliphatic rings. The lowest BCUT2D eigenvalue weighted by atomic mass is 9.82. The third-order valence-electron chi connectivity index (χ3n) is 4.42. The molecule has 2 N–H and O–H groups in total. The third kappa shape index (κ3) is 1.77. The summed E-state index contributed by atoms with van der Waals surface area (Å²) in [6.07, 6.45) is 4.52. The van der Waals surface area contributed by atoms with E-state index in [1.807, 2.05) is 18.2 Å². The summed E-state index contributed by atoms with van der Waals surface area (Å²) in [6.45, 7) is 2.20. The van der Waals surface area contributed by atoms with E-state index in [0.29, 0.717) is 5.92 Å². The van der Waals surface area contributed by atoms with Crippen molar-refractivity contribution in [3.8, 4) is 11.5 Å². The molecule has 3 heteroatoms. The Hall–Kier alpha value is -1.22. The molecule has 0 aromatic heterocycles. The minimum Gasteiger partial charge on any atom is -0.497 e. The van der Waals surface area contributed by atoms with Crippen LogP contribution in [0.2, 0.25) is 0 Å². The smallest absolute Gasteiger partial charge is 0.128 e. The van der Waals surface area contributed by atoms with E-state index in [4.69, 9.17) is 15.2 Å². The van der Waals surface area contributed by atoms with Crippen molar-refractivity contribution < 1.29 is 9.47 Å². The van der Waals surface area contributed by atoms with Gasteiger partial charge in [0.1, 0.15) is 17.1 Å². The number of hydrogen-bond acceptors (Lipinski definition) is 3. The van der Waals surface area contributed by atoms with Gasteiger partial charge in [-0.2, -0.15) is 0 Å². The lowest BCUT2D eigenvalue weighted by Gasteiger charge is -2.41. The van der Waals surface area contributed by atoms with Crippen molar-refractivity contribution in [3.05, 3.63) is 23.8 Å². The summed E-state index contributed by atoms with van der Waals surface area (Å²) in [5.74, 6) is 2.44. The highest BCUT2D eigenvalue weighted by Gasteiger charge is 2.49. The molecule has 0 radical (unpaired) electrons. The maximum Gasteiger partial charge on any atom is 0.128 e. The van der Waals surface area contributed by atoms with Gasteiger partial charge in [0, 0.05) is 24.1 Å². The third-order valence-corrected chi connectivity index (χ3v) is 4.42. The van der Waals surface area contributed by atoms with E-state index in [-0.39, 0.29) is 11.6 Å². The Morgan fingerprint density at radius 1 is 1.44 bits per heavy atom. The number of rotatable bonds is 3. The first-order valence-electron chi connectivity index (χ1n) is 6.81. The number of nitrogens with two attached hydrogens (primary N) is 1. The largest absolute Gasteiger partial charge is 0.497 e. The number of benzene rings is 1. The van der Waals surface area contributed by atoms with Crippen LogP contribution in [0.4, 0.5) is 0 Å². The van der Waals surface area contributed by atoms with Crippen molar-refractivity contribution in [2.24, 2.45) is 11.7 Å². The molecule has 1 aromatic carbocycles. The molecule has 2 atom stereocenters. The molecular weight excluding hydrogens is 226 g/mol. The van der Waals surface area contributed by atoms with Crippen LogP contribution in [0.3, 0.4) is 0 Å². The first-order chi connectivity index (χ1) is 8.68. The summed E-state index contributed by atoms with van der Waals surface area (Å²) in [7, 11) is 1.68. The zero-order valence-electron chi connectivity index (χ0n) is 11.1. The molecule has 1 saturated carbocycles. The second kappa shape index (κ2) is 4.16. The minimum atomic E-state index is -0.0429. The van der Waals surface area contributed by atoms with Gasteiger partial charge in [-0.25, -0.2) is 0 Å². The molecule has 98 valence electrons. The van der Waals surface area contributed by atoms with Crippen LogP contribution in [-0.4, -0.2) is 12.7 Å². The highest BCUT2D eigenvalue weighted by Crippen LogP contribution is 2.52. The summed E-state index contributed by atoms with van der Waals surface area (Å²) in [4.78, 5) is 0. The highest BCUT2D eigenvalue weighted by atomic mass is 16.5. The highest BCUT2D eigenvalue weighted by molar-refractivity contribution is 5.44. The van der Waals surface area contributed by atoms with Gasteiger partial charge in [0.2, 0.25) is 0 Å². The first kappa shape index (κ1) is 11.8. The van der Waals surface area contributed by atoms with Gasteiger partial charge in [0.15, 0.2) is 0 Å². The molecule has 1 aliphatic heterocycles. The van der Waals surface area contributed by atoms with Crippen LogP contribution in [0.5, 0.6) is 11.5 Å². The van der Waals surface area contributed by atoms with E-state index in [1.165, 1.54) is 12.8 Å². The van der Waals surface area contributed by atoms with Crippen molar-refractivity contribution in [3.63, 3.8) is 0 Å². The molecule has 0 amide bonds. The van der Waals surface area contributed by atoms with E-state index in [9.17, 15) is 0 Å². The van der Waals surface area contributed by atoms with Gasteiger partial charge in [-0.15, -0.1) is 0 Å². The topological polar surface area (TPSA) is 44.5 Å². The maximum atomic E-state index is 6.35. The number of methoxy groups -OCH3 is 1. The second-order valence-electron chi connectivity index (χ2n) is 5.51. The fourth-order valence-electron chi connectivity index (χ4n) is 3.14. The van der Waals surface area contributed by atoms with Crippen molar-refractivity contribution in [1.29, 1.82) is 0 Å². The monoisotopic (exact) mass is 247 g/mol. The van der Waals surface area contributed by atoms with Gasteiger partial charge in [0.25, 0.3) is 0 Å². The molecule has 1 heterocycles. The molecule has 3 rings (SSSR count). The molecule has 1 unspecified atom stereocenters. The van der Waals surface area contributed by atoms with Crippen LogP contribution in [0.25, 0.3) is 0 Å². The van der Waals surface area contributed by atoms with Gasteiger partial charge >= 0.3 is 0 Å². The molecule has 0 spiro atoms. The average molecular weight is 247 g/mol. The Morgan fingerprint density at radius 2 is 2.22 bits per heavy atom. The van der Waals surface area contributed by atoms with Gasteiger partial charge in [0.05, 0.1) is 7.11 Å². The first-order valence-corrected chi connectivity index (χ1v) is 6.81. The molecule has 1 aromatic rings. The zero-order chi connectivity index (χ0) is 12.8. The van der Waals surface area contributed by atoms with E-state index < -0.39 is 0 Å². The fourth-order valence-corrected chi connectivity index (χ4v) is 3.14. The fraction of sp³-hybridized carbons (Fsp3) is 0.600. The van der Waals surface area contributed by atoms with Crippen molar-refractivity contribution in [2.45, 2.75) is 44.2 Å². The van der Waals surface area contributed by atoms with Crippen LogP contribution in [0, 0.1) is 5.92 Å². The standard InChI is InChI=1S/C15H21NO2/c1-3-15(10-4-5-10)9-13(16)12-7-6-11(17-2)8-14(12)18-15/h6-8,10,13H,3-5,9,16H2,1-2H3/t13-,15?/m1/s1. The Labute approximate surface area is 108 Å². The Kier molecular flexibility index (Phi) is 2.74. The zero-order valence-corrected chi connectivity index (χ0v) is 11.1. The van der Waals surface area contributed by atoms with Gasteiger partial charge < -0.3 is 15.2 Å². The van der Waals surface area contributed by atoms with E-state index in [2.05, 4.69) is 6.92 Å². The maximum absolute atomic E-state index is 6.35. The molecule has 18 heavy (non-hydrogen) atoms. The Balaban J connectivity index is 1.98. The summed E-state index contributed by atoms with van der Waals surface area (Å²) in [5, 5.41) is 0. The van der Waals surface area contributed by atoms with Crippen LogP contribution in [0.1, 0.15) is 44.2 Å². The predicted molar refractivity (Wildman–Crippen MR) is 70.9 cm³/mol. The quantitative estimate of drug-likeness (QED) is 0.893. The number of fused-ring (bicyclic) bond motifs is 1. The van der Waals surface area contributed by atoms with Crippen molar-refractivity contribution >= 4 is 0 Å². The molecule has 1 aliphatic carbocycles. The van der Waals surface area contributed by atoms with Gasteiger partial charge in [-0.05, 0) is 31.2 Å². The van der Waals surface area contributed by atoms with Crippen LogP contribution in [0.15, 0.2) is 18.2 Å². The van der Waals surface area contributed by atoms with Gasteiger partial charge in [-0.1, -0.05) is 13.0 Å². The minimum absolute atomic E-state index is 0.0429. The summed E-state index contributed by atoms with van der Waals surface area (Å²) >= 11 is 0. The Bertz CT molecular complexity index is 456. The van der Waals surface area contributed by atoms with E-state index >= 15 is 0 Å². The van der Waals surface area contributed by atoms with Crippen molar-refractivity contribution in [1.82, 2.24) is 0 Å². The van der Waals surface area contributed by atoms with Gasteiger partial charge in [-0.3, -0.25) is 0 Å². The molecular formula is C15H21NO2.